The molecule has 0 spiro atoms. The molecule has 0 atom stereocenters. The van der Waals surface area contributed by atoms with Crippen molar-refractivity contribution in [3.63, 3.8) is 0 Å². The Morgan fingerprint density at radius 2 is 1.80 bits per heavy atom. The molecule has 0 bridgehead atoms. The summed E-state index contributed by atoms with van der Waals surface area (Å²) in [6, 6.07) is 2.83. The molecule has 1 aromatic carbocycles. The molecular weight excluding hydrogens is 279 g/mol. The summed E-state index contributed by atoms with van der Waals surface area (Å²) in [5.41, 5.74) is 0.740. The monoisotopic (exact) mass is 302 g/mol. The maximum atomic E-state index is 14.0. The fourth-order valence-electron chi connectivity index (χ4n) is 2.06. The fraction of sp³-hybridized carbons (Fsp3) is 0.571. The minimum absolute atomic E-state index is 0.160. The van der Waals surface area contributed by atoms with E-state index in [0.29, 0.717) is 37.3 Å². The second-order valence-corrected chi connectivity index (χ2v) is 6.52. The zero-order valence-electron chi connectivity index (χ0n) is 12.5. The minimum atomic E-state index is -3.55. The van der Waals surface area contributed by atoms with Gasteiger partial charge in [-0.15, -0.1) is 0 Å². The second-order valence-electron chi connectivity index (χ2n) is 4.58. The van der Waals surface area contributed by atoms with Gasteiger partial charge in [0.15, 0.2) is 0 Å². The largest absolute Gasteiger partial charge is 0.313 e. The first-order chi connectivity index (χ1) is 9.38. The van der Waals surface area contributed by atoms with Crippen molar-refractivity contribution < 1.29 is 12.8 Å². The summed E-state index contributed by atoms with van der Waals surface area (Å²) in [7, 11) is -3.55. The predicted octanol–water partition coefficient (Wildman–Crippen LogP) is 2.27. The Morgan fingerprint density at radius 3 is 2.30 bits per heavy atom. The van der Waals surface area contributed by atoms with Crippen LogP contribution in [0.1, 0.15) is 31.9 Å². The molecule has 4 nitrogen and oxygen atoms in total. The van der Waals surface area contributed by atoms with Crippen LogP contribution in [0.3, 0.4) is 0 Å². The molecule has 1 rings (SSSR count). The standard InChI is InChI=1S/C14H23FN2O2S/c1-5-16-10-12-9-13(8-11(4)14(12)15)20(18,19)17(6-2)7-3/h8-9,16H,5-7,10H2,1-4H3. The molecule has 0 saturated carbocycles. The van der Waals surface area contributed by atoms with E-state index in [-0.39, 0.29) is 10.7 Å². The number of rotatable bonds is 7. The highest BCUT2D eigenvalue weighted by Gasteiger charge is 2.23. The van der Waals surface area contributed by atoms with Crippen molar-refractivity contribution in [1.29, 1.82) is 0 Å². The number of nitrogens with zero attached hydrogens (tertiary/aromatic N) is 1. The van der Waals surface area contributed by atoms with Crippen LogP contribution in [0.15, 0.2) is 17.0 Å². The molecule has 0 heterocycles. The van der Waals surface area contributed by atoms with Gasteiger partial charge in [0.05, 0.1) is 4.90 Å². The van der Waals surface area contributed by atoms with Gasteiger partial charge in [0.1, 0.15) is 5.82 Å². The smallest absolute Gasteiger partial charge is 0.243 e. The van der Waals surface area contributed by atoms with E-state index in [1.165, 1.54) is 16.4 Å². The average Bonchev–Trinajstić information content (AvgIpc) is 2.41. The SMILES string of the molecule is CCNCc1cc(S(=O)(=O)N(CC)CC)cc(C)c1F. The van der Waals surface area contributed by atoms with Gasteiger partial charge in [0.25, 0.3) is 0 Å². The maximum absolute atomic E-state index is 14.0. The molecule has 0 amide bonds. The molecule has 0 aliphatic carbocycles. The van der Waals surface area contributed by atoms with E-state index in [9.17, 15) is 12.8 Å². The van der Waals surface area contributed by atoms with Gasteiger partial charge in [0, 0.05) is 25.2 Å². The number of benzene rings is 1. The van der Waals surface area contributed by atoms with Crippen molar-refractivity contribution >= 4 is 10.0 Å². The number of hydrogen-bond donors (Lipinski definition) is 1. The normalized spacial score (nSPS) is 12.1. The quantitative estimate of drug-likeness (QED) is 0.840. The Bertz CT molecular complexity index is 555. The predicted molar refractivity (Wildman–Crippen MR) is 78.6 cm³/mol. The van der Waals surface area contributed by atoms with Gasteiger partial charge in [0.2, 0.25) is 10.0 Å². The molecule has 0 aliphatic rings. The summed E-state index contributed by atoms with van der Waals surface area (Å²) in [5.74, 6) is -0.343. The van der Waals surface area contributed by atoms with Gasteiger partial charge in [-0.1, -0.05) is 20.8 Å². The molecule has 0 aromatic heterocycles. The van der Waals surface area contributed by atoms with Crippen LogP contribution in [0.2, 0.25) is 0 Å². The number of sulfonamides is 1. The second kappa shape index (κ2) is 7.15. The molecule has 6 heteroatoms. The van der Waals surface area contributed by atoms with Crippen LogP contribution in [-0.2, 0) is 16.6 Å². The molecule has 1 aromatic rings. The van der Waals surface area contributed by atoms with E-state index in [4.69, 9.17) is 0 Å². The summed E-state index contributed by atoms with van der Waals surface area (Å²) in [4.78, 5) is 0.160. The van der Waals surface area contributed by atoms with Crippen LogP contribution in [0.25, 0.3) is 0 Å². The third-order valence-corrected chi connectivity index (χ3v) is 5.24. The summed E-state index contributed by atoms with van der Waals surface area (Å²) in [6.45, 7) is 8.91. The molecule has 0 fully saturated rings. The van der Waals surface area contributed by atoms with E-state index >= 15 is 0 Å². The fourth-order valence-corrected chi connectivity index (χ4v) is 3.65. The van der Waals surface area contributed by atoms with E-state index in [1.54, 1.807) is 20.8 Å². The van der Waals surface area contributed by atoms with Crippen LogP contribution in [0.5, 0.6) is 0 Å². The first-order valence-corrected chi connectivity index (χ1v) is 8.32. The molecular formula is C14H23FN2O2S. The number of aryl methyl sites for hydroxylation is 1. The highest BCUT2D eigenvalue weighted by Crippen LogP contribution is 2.22. The van der Waals surface area contributed by atoms with Crippen molar-refractivity contribution in [1.82, 2.24) is 9.62 Å². The Morgan fingerprint density at radius 1 is 1.20 bits per heavy atom. The molecule has 0 aliphatic heterocycles. The zero-order chi connectivity index (χ0) is 15.3. The Labute approximate surface area is 121 Å². The number of halogens is 1. The summed E-state index contributed by atoms with van der Waals surface area (Å²) in [5, 5.41) is 3.02. The molecule has 0 unspecified atom stereocenters. The number of hydrogen-bond acceptors (Lipinski definition) is 3. The van der Waals surface area contributed by atoms with Gasteiger partial charge in [-0.25, -0.2) is 12.8 Å². The topological polar surface area (TPSA) is 49.4 Å². The minimum Gasteiger partial charge on any atom is -0.313 e. The van der Waals surface area contributed by atoms with Gasteiger partial charge in [-0.2, -0.15) is 4.31 Å². The lowest BCUT2D eigenvalue weighted by molar-refractivity contribution is 0.445. The van der Waals surface area contributed by atoms with Crippen LogP contribution >= 0.6 is 0 Å². The van der Waals surface area contributed by atoms with Gasteiger partial charge in [-0.3, -0.25) is 0 Å². The van der Waals surface area contributed by atoms with Gasteiger partial charge < -0.3 is 5.32 Å². The van der Waals surface area contributed by atoms with Crippen LogP contribution in [0, 0.1) is 12.7 Å². The van der Waals surface area contributed by atoms with Crippen molar-refractivity contribution in [2.24, 2.45) is 0 Å². The van der Waals surface area contributed by atoms with Crippen LogP contribution < -0.4 is 5.32 Å². The molecule has 20 heavy (non-hydrogen) atoms. The van der Waals surface area contributed by atoms with Crippen molar-refractivity contribution in [2.75, 3.05) is 19.6 Å². The van der Waals surface area contributed by atoms with Gasteiger partial charge >= 0.3 is 0 Å². The number of nitrogens with one attached hydrogen (secondary N) is 1. The maximum Gasteiger partial charge on any atom is 0.243 e. The summed E-state index contributed by atoms with van der Waals surface area (Å²) in [6.07, 6.45) is 0. The third kappa shape index (κ3) is 3.56. The first-order valence-electron chi connectivity index (χ1n) is 6.88. The Kier molecular flexibility index (Phi) is 6.10. The molecule has 114 valence electrons. The summed E-state index contributed by atoms with van der Waals surface area (Å²) >= 11 is 0. The lowest BCUT2D eigenvalue weighted by Gasteiger charge is -2.19. The Hall–Kier alpha value is -0.980. The van der Waals surface area contributed by atoms with E-state index in [1.807, 2.05) is 6.92 Å². The van der Waals surface area contributed by atoms with Crippen molar-refractivity contribution in [3.05, 3.63) is 29.1 Å². The third-order valence-electron chi connectivity index (χ3n) is 3.21. The van der Waals surface area contributed by atoms with E-state index in [0.717, 1.165) is 0 Å². The molecule has 0 radical (unpaired) electrons. The molecule has 1 N–H and O–H groups in total. The first kappa shape index (κ1) is 17.1. The lowest BCUT2D eigenvalue weighted by Crippen LogP contribution is -2.31. The molecule has 0 saturated heterocycles. The highest BCUT2D eigenvalue weighted by molar-refractivity contribution is 7.89. The van der Waals surface area contributed by atoms with Crippen LogP contribution in [-0.4, -0.2) is 32.4 Å². The van der Waals surface area contributed by atoms with E-state index < -0.39 is 10.0 Å². The van der Waals surface area contributed by atoms with E-state index in [2.05, 4.69) is 5.32 Å². The van der Waals surface area contributed by atoms with Gasteiger partial charge in [-0.05, 0) is 31.2 Å². The zero-order valence-corrected chi connectivity index (χ0v) is 13.3. The lowest BCUT2D eigenvalue weighted by atomic mass is 10.1. The Balaban J connectivity index is 3.29. The van der Waals surface area contributed by atoms with Crippen molar-refractivity contribution in [3.8, 4) is 0 Å². The average molecular weight is 302 g/mol. The van der Waals surface area contributed by atoms with Crippen molar-refractivity contribution in [2.45, 2.75) is 39.1 Å². The van der Waals surface area contributed by atoms with Crippen LogP contribution in [0.4, 0.5) is 4.39 Å². The summed E-state index contributed by atoms with van der Waals surface area (Å²) < 4.78 is 40.3. The highest BCUT2D eigenvalue weighted by atomic mass is 32.2.